The smallest absolute Gasteiger partial charge is 0.275 e. The van der Waals surface area contributed by atoms with Gasteiger partial charge in [0, 0.05) is 31.5 Å². The summed E-state index contributed by atoms with van der Waals surface area (Å²) >= 11 is 3.05. The van der Waals surface area contributed by atoms with E-state index in [4.69, 9.17) is 4.74 Å². The normalized spacial score (nSPS) is 19.9. The van der Waals surface area contributed by atoms with Crippen molar-refractivity contribution in [3.05, 3.63) is 27.1 Å². The van der Waals surface area contributed by atoms with Gasteiger partial charge < -0.3 is 9.64 Å². The van der Waals surface area contributed by atoms with Gasteiger partial charge in [0.1, 0.15) is 5.01 Å². The van der Waals surface area contributed by atoms with Gasteiger partial charge in [-0.2, -0.15) is 9.61 Å². The fourth-order valence-electron chi connectivity index (χ4n) is 4.23. The molecule has 0 saturated carbocycles. The molecule has 2 saturated heterocycles. The van der Waals surface area contributed by atoms with Crippen LogP contribution in [-0.2, 0) is 23.5 Å². The van der Waals surface area contributed by atoms with Crippen LogP contribution in [0.25, 0.3) is 4.96 Å². The largest absolute Gasteiger partial charge is 0.376 e. The molecule has 9 nitrogen and oxygen atoms in total. The van der Waals surface area contributed by atoms with Crippen LogP contribution >= 0.6 is 23.1 Å². The number of aryl methyl sites for hydroxylation is 1. The van der Waals surface area contributed by atoms with Gasteiger partial charge in [0.25, 0.3) is 5.56 Å². The number of aromatic nitrogens is 6. The van der Waals surface area contributed by atoms with Gasteiger partial charge in [0.15, 0.2) is 5.16 Å². The number of piperidine rings is 1. The highest BCUT2D eigenvalue weighted by Crippen LogP contribution is 2.29. The molecule has 0 spiro atoms. The van der Waals surface area contributed by atoms with E-state index in [-0.39, 0.29) is 11.7 Å². The molecule has 0 radical (unpaired) electrons. The maximum atomic E-state index is 12.5. The first-order chi connectivity index (χ1) is 15.6. The number of hydrogen-bond acceptors (Lipinski definition) is 9. The van der Waals surface area contributed by atoms with Crippen molar-refractivity contribution in [3.8, 4) is 0 Å². The number of anilines is 1. The highest BCUT2D eigenvalue weighted by molar-refractivity contribution is 7.98. The van der Waals surface area contributed by atoms with Crippen LogP contribution in [0.5, 0.6) is 0 Å². The zero-order valence-electron chi connectivity index (χ0n) is 18.6. The van der Waals surface area contributed by atoms with Crippen LogP contribution in [0.4, 0.5) is 5.95 Å². The zero-order valence-corrected chi connectivity index (χ0v) is 20.2. The highest BCUT2D eigenvalue weighted by atomic mass is 32.2. The summed E-state index contributed by atoms with van der Waals surface area (Å²) < 4.78 is 9.52. The molecule has 0 N–H and O–H groups in total. The molecule has 2 aliphatic rings. The third kappa shape index (κ3) is 4.55. The fourth-order valence-corrected chi connectivity index (χ4v) is 5.93. The first kappa shape index (κ1) is 21.8. The third-order valence-electron chi connectivity index (χ3n) is 6.17. The first-order valence-corrected chi connectivity index (χ1v) is 13.2. The van der Waals surface area contributed by atoms with Crippen molar-refractivity contribution in [2.24, 2.45) is 5.92 Å². The average molecular weight is 476 g/mol. The van der Waals surface area contributed by atoms with E-state index >= 15 is 0 Å². The Bertz CT molecular complexity index is 1130. The number of ether oxygens (including phenoxy) is 1. The van der Waals surface area contributed by atoms with Gasteiger partial charge in [-0.15, -0.1) is 10.2 Å². The second-order valence-corrected chi connectivity index (χ2v) is 10.6. The standard InChI is InChI=1S/C21H29N7O2S2/c1-3-17-25-28-18(29)11-15(22-20(28)32-17)13-31-21-24-23-19(26-8-6-14(2)7-9-26)27(21)12-16-5-4-10-30-16/h11,14,16H,3-10,12-13H2,1-2H3. The zero-order chi connectivity index (χ0) is 22.1. The van der Waals surface area contributed by atoms with E-state index in [0.29, 0.717) is 10.7 Å². The fraction of sp³-hybridized carbons (Fsp3) is 0.667. The Labute approximate surface area is 195 Å². The topological polar surface area (TPSA) is 90.4 Å². The second kappa shape index (κ2) is 9.48. The van der Waals surface area contributed by atoms with Crippen LogP contribution in [0.3, 0.4) is 0 Å². The minimum absolute atomic E-state index is 0.134. The van der Waals surface area contributed by atoms with E-state index in [0.717, 1.165) is 73.2 Å². The molecule has 0 aromatic carbocycles. The molecule has 0 amide bonds. The summed E-state index contributed by atoms with van der Waals surface area (Å²) in [6.07, 6.45) is 5.53. The molecule has 0 bridgehead atoms. The van der Waals surface area contributed by atoms with Gasteiger partial charge in [-0.1, -0.05) is 36.9 Å². The molecule has 11 heteroatoms. The summed E-state index contributed by atoms with van der Waals surface area (Å²) in [4.78, 5) is 20.1. The van der Waals surface area contributed by atoms with Crippen molar-refractivity contribution in [1.29, 1.82) is 0 Å². The lowest BCUT2D eigenvalue weighted by Crippen LogP contribution is -2.35. The SMILES string of the molecule is CCc1nn2c(=O)cc(CSc3nnc(N4CCC(C)CC4)n3CC3CCCO3)nc2s1. The van der Waals surface area contributed by atoms with Crippen molar-refractivity contribution in [1.82, 2.24) is 29.4 Å². The van der Waals surface area contributed by atoms with Crippen LogP contribution in [0.2, 0.25) is 0 Å². The van der Waals surface area contributed by atoms with Gasteiger partial charge in [-0.3, -0.25) is 9.36 Å². The molecule has 2 fully saturated rings. The van der Waals surface area contributed by atoms with Crippen molar-refractivity contribution >= 4 is 34.0 Å². The molecule has 172 valence electrons. The molecular weight excluding hydrogens is 446 g/mol. The third-order valence-corrected chi connectivity index (χ3v) is 8.22. The van der Waals surface area contributed by atoms with E-state index < -0.39 is 0 Å². The van der Waals surface area contributed by atoms with E-state index in [2.05, 4.69) is 36.7 Å². The Morgan fingerprint density at radius 1 is 1.25 bits per heavy atom. The Morgan fingerprint density at radius 2 is 2.09 bits per heavy atom. The Balaban J connectivity index is 1.37. The summed E-state index contributed by atoms with van der Waals surface area (Å²) in [5, 5.41) is 15.2. The maximum absolute atomic E-state index is 12.5. The lowest BCUT2D eigenvalue weighted by Gasteiger charge is -2.31. The second-order valence-electron chi connectivity index (χ2n) is 8.62. The average Bonchev–Trinajstić information content (AvgIpc) is 3.53. The summed E-state index contributed by atoms with van der Waals surface area (Å²) in [6, 6.07) is 1.58. The van der Waals surface area contributed by atoms with Crippen molar-refractivity contribution in [2.45, 2.75) is 69.5 Å². The van der Waals surface area contributed by atoms with Crippen molar-refractivity contribution < 1.29 is 4.74 Å². The number of hydrogen-bond donors (Lipinski definition) is 0. The monoisotopic (exact) mass is 475 g/mol. The van der Waals surface area contributed by atoms with Crippen LogP contribution in [-0.4, -0.2) is 55.2 Å². The van der Waals surface area contributed by atoms with Crippen LogP contribution < -0.4 is 10.5 Å². The summed E-state index contributed by atoms with van der Waals surface area (Å²) in [7, 11) is 0. The first-order valence-electron chi connectivity index (χ1n) is 11.4. The Kier molecular flexibility index (Phi) is 6.47. The number of fused-ring (bicyclic) bond motifs is 1. The van der Waals surface area contributed by atoms with Crippen LogP contribution in [0.1, 0.15) is 50.2 Å². The van der Waals surface area contributed by atoms with Crippen molar-refractivity contribution in [2.75, 3.05) is 24.6 Å². The van der Waals surface area contributed by atoms with Gasteiger partial charge in [-0.25, -0.2) is 4.98 Å². The summed E-state index contributed by atoms with van der Waals surface area (Å²) in [5.74, 6) is 2.26. The summed E-state index contributed by atoms with van der Waals surface area (Å²) in [6.45, 7) is 7.95. The van der Waals surface area contributed by atoms with Gasteiger partial charge >= 0.3 is 0 Å². The molecule has 0 aliphatic carbocycles. The molecule has 2 aliphatic heterocycles. The highest BCUT2D eigenvalue weighted by Gasteiger charge is 2.26. The van der Waals surface area contributed by atoms with Crippen molar-refractivity contribution in [3.63, 3.8) is 0 Å². The van der Waals surface area contributed by atoms with E-state index in [1.807, 2.05) is 6.92 Å². The number of nitrogens with zero attached hydrogens (tertiary/aromatic N) is 7. The van der Waals surface area contributed by atoms with E-state index in [1.165, 1.54) is 28.7 Å². The van der Waals surface area contributed by atoms with Gasteiger partial charge in [0.05, 0.1) is 18.3 Å². The lowest BCUT2D eigenvalue weighted by atomic mass is 10.00. The molecule has 3 aromatic heterocycles. The Hall–Kier alpha value is -1.98. The minimum atomic E-state index is -0.134. The predicted molar refractivity (Wildman–Crippen MR) is 126 cm³/mol. The quantitative estimate of drug-likeness (QED) is 0.482. The number of thioether (sulfide) groups is 1. The molecule has 5 rings (SSSR count). The molecule has 5 heterocycles. The number of rotatable bonds is 7. The summed E-state index contributed by atoms with van der Waals surface area (Å²) in [5.41, 5.74) is 0.608. The lowest BCUT2D eigenvalue weighted by molar-refractivity contribution is 0.0951. The van der Waals surface area contributed by atoms with Crippen LogP contribution in [0, 0.1) is 5.92 Å². The Morgan fingerprint density at radius 3 is 2.84 bits per heavy atom. The van der Waals surface area contributed by atoms with E-state index in [9.17, 15) is 4.79 Å². The molecule has 1 unspecified atom stereocenters. The predicted octanol–water partition coefficient (Wildman–Crippen LogP) is 3.01. The van der Waals surface area contributed by atoms with Gasteiger partial charge in [-0.05, 0) is 38.0 Å². The molecule has 32 heavy (non-hydrogen) atoms. The van der Waals surface area contributed by atoms with Gasteiger partial charge in [0.2, 0.25) is 10.9 Å². The van der Waals surface area contributed by atoms with Crippen LogP contribution in [0.15, 0.2) is 16.0 Å². The molecule has 1 atom stereocenters. The van der Waals surface area contributed by atoms with E-state index in [1.54, 1.807) is 17.8 Å². The molecule has 3 aromatic rings. The maximum Gasteiger partial charge on any atom is 0.275 e. The minimum Gasteiger partial charge on any atom is -0.376 e. The molecular formula is C21H29N7O2S2.